The summed E-state index contributed by atoms with van der Waals surface area (Å²) in [6.45, 7) is 6.33. The van der Waals surface area contributed by atoms with Crippen molar-refractivity contribution in [2.45, 2.75) is 45.1 Å². The van der Waals surface area contributed by atoms with E-state index in [4.69, 9.17) is 17.3 Å². The zero-order valence-electron chi connectivity index (χ0n) is 14.8. The van der Waals surface area contributed by atoms with Gasteiger partial charge in [0.1, 0.15) is 5.82 Å². The van der Waals surface area contributed by atoms with Crippen LogP contribution in [0.5, 0.6) is 0 Å². The molecular formula is C18H24ClN5O. The van der Waals surface area contributed by atoms with Gasteiger partial charge < -0.3 is 11.1 Å². The lowest BCUT2D eigenvalue weighted by molar-refractivity contribution is 0.0872. The fraction of sp³-hybridized carbons (Fsp3) is 0.500. The average molecular weight is 362 g/mol. The summed E-state index contributed by atoms with van der Waals surface area (Å²) in [5, 5.41) is 8.02. The van der Waals surface area contributed by atoms with Crippen LogP contribution in [0.4, 0.5) is 0 Å². The largest absolute Gasteiger partial charge is 0.343 e. The molecule has 0 aliphatic heterocycles. The highest BCUT2D eigenvalue weighted by Crippen LogP contribution is 2.40. The number of hydrogen-bond donors (Lipinski definition) is 2. The van der Waals surface area contributed by atoms with E-state index in [0.717, 1.165) is 24.4 Å². The number of nitrogens with two attached hydrogens (primary N) is 1. The summed E-state index contributed by atoms with van der Waals surface area (Å²) in [6, 6.07) is 7.44. The first-order valence-corrected chi connectivity index (χ1v) is 8.98. The molecule has 3 N–H and O–H groups in total. The number of aromatic nitrogens is 3. The minimum Gasteiger partial charge on any atom is -0.343 e. The number of carbonyl (C=O) groups excluding carboxylic acids is 1. The molecule has 1 atom stereocenters. The predicted molar refractivity (Wildman–Crippen MR) is 98.1 cm³/mol. The van der Waals surface area contributed by atoms with Crippen molar-refractivity contribution < 1.29 is 4.79 Å². The molecule has 1 amide bonds. The van der Waals surface area contributed by atoms with Crippen molar-refractivity contribution in [3.8, 4) is 5.69 Å². The molecule has 3 rings (SSSR count). The van der Waals surface area contributed by atoms with Crippen molar-refractivity contribution >= 4 is 17.5 Å². The number of para-hydroxylation sites is 1. The maximum Gasteiger partial charge on any atom is 0.291 e. The van der Waals surface area contributed by atoms with Gasteiger partial charge in [0, 0.05) is 12.5 Å². The smallest absolute Gasteiger partial charge is 0.291 e. The van der Waals surface area contributed by atoms with Crippen LogP contribution in [0.3, 0.4) is 0 Å². The maximum absolute atomic E-state index is 12.7. The van der Waals surface area contributed by atoms with E-state index >= 15 is 0 Å². The van der Waals surface area contributed by atoms with Gasteiger partial charge in [0.05, 0.1) is 16.2 Å². The molecule has 1 fully saturated rings. The van der Waals surface area contributed by atoms with Gasteiger partial charge in [-0.3, -0.25) is 4.79 Å². The van der Waals surface area contributed by atoms with E-state index in [2.05, 4.69) is 15.4 Å². The summed E-state index contributed by atoms with van der Waals surface area (Å²) < 4.78 is 1.70. The molecular weight excluding hydrogens is 338 g/mol. The van der Waals surface area contributed by atoms with Crippen LogP contribution in [0.15, 0.2) is 24.3 Å². The van der Waals surface area contributed by atoms with E-state index in [-0.39, 0.29) is 17.6 Å². The molecule has 2 aromatic rings. The molecule has 1 aliphatic rings. The molecule has 7 heteroatoms. The average Bonchev–Trinajstić information content (AvgIpc) is 3.33. The Hall–Kier alpha value is -1.92. The molecule has 1 heterocycles. The van der Waals surface area contributed by atoms with E-state index < -0.39 is 5.54 Å². The fourth-order valence-electron chi connectivity index (χ4n) is 2.57. The van der Waals surface area contributed by atoms with Gasteiger partial charge in [0.15, 0.2) is 0 Å². The van der Waals surface area contributed by atoms with E-state index in [1.807, 2.05) is 39.0 Å². The molecule has 1 aliphatic carbocycles. The zero-order chi connectivity index (χ0) is 18.2. The van der Waals surface area contributed by atoms with Crippen LogP contribution in [0.25, 0.3) is 5.69 Å². The first kappa shape index (κ1) is 17.9. The van der Waals surface area contributed by atoms with Gasteiger partial charge in [-0.2, -0.15) is 0 Å². The van der Waals surface area contributed by atoms with E-state index in [0.29, 0.717) is 17.5 Å². The van der Waals surface area contributed by atoms with Crippen molar-refractivity contribution in [3.05, 3.63) is 40.9 Å². The molecule has 0 saturated heterocycles. The zero-order valence-corrected chi connectivity index (χ0v) is 15.5. The number of amides is 1. The number of rotatable bonds is 6. The monoisotopic (exact) mass is 361 g/mol. The Labute approximate surface area is 152 Å². The highest BCUT2D eigenvalue weighted by atomic mass is 35.5. The lowest BCUT2D eigenvalue weighted by atomic mass is 9.88. The normalized spacial score (nSPS) is 16.7. The molecule has 1 unspecified atom stereocenters. The SMILES string of the molecule is CC(C)C(C)(CN)NC(=O)c1nc(C2CC2)n(-c2ccccc2Cl)n1. The number of nitrogens with one attached hydrogen (secondary N) is 1. The van der Waals surface area contributed by atoms with Crippen molar-refractivity contribution in [2.24, 2.45) is 11.7 Å². The first-order chi connectivity index (χ1) is 11.9. The van der Waals surface area contributed by atoms with Crippen LogP contribution < -0.4 is 11.1 Å². The fourth-order valence-corrected chi connectivity index (χ4v) is 2.79. The maximum atomic E-state index is 12.7. The van der Waals surface area contributed by atoms with Gasteiger partial charge in [-0.05, 0) is 37.8 Å². The Kier molecular flexibility index (Phi) is 4.84. The van der Waals surface area contributed by atoms with Crippen LogP contribution in [-0.4, -0.2) is 32.8 Å². The number of benzene rings is 1. The summed E-state index contributed by atoms with van der Waals surface area (Å²) in [5.41, 5.74) is 6.09. The molecule has 1 aromatic carbocycles. The number of halogens is 1. The molecule has 1 aromatic heterocycles. The second kappa shape index (κ2) is 6.77. The van der Waals surface area contributed by atoms with Gasteiger partial charge in [-0.1, -0.05) is 37.6 Å². The third-order valence-electron chi connectivity index (χ3n) is 4.96. The third-order valence-corrected chi connectivity index (χ3v) is 5.28. The standard InChI is InChI=1S/C18H24ClN5O/c1-11(2)18(3,10-20)22-17(25)15-21-16(12-8-9-12)24(23-15)14-7-5-4-6-13(14)19/h4-7,11-12H,8-10,20H2,1-3H3,(H,22,25). The Bertz CT molecular complexity index is 784. The Morgan fingerprint density at radius 1 is 1.44 bits per heavy atom. The third kappa shape index (κ3) is 3.55. The topological polar surface area (TPSA) is 85.8 Å². The summed E-state index contributed by atoms with van der Waals surface area (Å²) in [5.74, 6) is 1.15. The van der Waals surface area contributed by atoms with Crippen molar-refractivity contribution in [2.75, 3.05) is 6.54 Å². The molecule has 6 nitrogen and oxygen atoms in total. The van der Waals surface area contributed by atoms with E-state index in [1.54, 1.807) is 10.7 Å². The summed E-state index contributed by atoms with van der Waals surface area (Å²) in [4.78, 5) is 17.2. The van der Waals surface area contributed by atoms with Crippen molar-refractivity contribution in [1.29, 1.82) is 0 Å². The molecule has 0 radical (unpaired) electrons. The minimum atomic E-state index is -0.507. The van der Waals surface area contributed by atoms with Crippen molar-refractivity contribution in [3.63, 3.8) is 0 Å². The second-order valence-corrected chi connectivity index (χ2v) is 7.57. The highest BCUT2D eigenvalue weighted by Gasteiger charge is 2.34. The van der Waals surface area contributed by atoms with Crippen LogP contribution in [0.2, 0.25) is 5.02 Å². The number of hydrogen-bond acceptors (Lipinski definition) is 4. The molecule has 1 saturated carbocycles. The van der Waals surface area contributed by atoms with E-state index in [9.17, 15) is 4.79 Å². The number of nitrogens with zero attached hydrogens (tertiary/aromatic N) is 3. The lowest BCUT2D eigenvalue weighted by Gasteiger charge is -2.33. The van der Waals surface area contributed by atoms with Crippen LogP contribution in [0, 0.1) is 5.92 Å². The minimum absolute atomic E-state index is 0.155. The Morgan fingerprint density at radius 3 is 2.68 bits per heavy atom. The van der Waals surface area contributed by atoms with Gasteiger partial charge in [0.25, 0.3) is 5.91 Å². The first-order valence-electron chi connectivity index (χ1n) is 8.60. The second-order valence-electron chi connectivity index (χ2n) is 7.16. The van der Waals surface area contributed by atoms with Gasteiger partial charge in [0.2, 0.25) is 5.82 Å². The number of carbonyl (C=O) groups is 1. The Balaban J connectivity index is 1.95. The quantitative estimate of drug-likeness (QED) is 0.828. The van der Waals surface area contributed by atoms with Crippen LogP contribution >= 0.6 is 11.6 Å². The van der Waals surface area contributed by atoms with Gasteiger partial charge in [-0.15, -0.1) is 5.10 Å². The highest BCUT2D eigenvalue weighted by molar-refractivity contribution is 6.32. The molecule has 134 valence electrons. The summed E-state index contributed by atoms with van der Waals surface area (Å²) in [7, 11) is 0. The molecule has 0 spiro atoms. The van der Waals surface area contributed by atoms with Gasteiger partial charge >= 0.3 is 0 Å². The Morgan fingerprint density at radius 2 is 2.12 bits per heavy atom. The predicted octanol–water partition coefficient (Wildman–Crippen LogP) is 2.90. The van der Waals surface area contributed by atoms with Gasteiger partial charge in [-0.25, -0.2) is 9.67 Å². The van der Waals surface area contributed by atoms with Crippen LogP contribution in [-0.2, 0) is 0 Å². The lowest BCUT2D eigenvalue weighted by Crippen LogP contribution is -2.55. The molecule has 0 bridgehead atoms. The van der Waals surface area contributed by atoms with Crippen molar-refractivity contribution in [1.82, 2.24) is 20.1 Å². The summed E-state index contributed by atoms with van der Waals surface area (Å²) >= 11 is 6.31. The molecule has 25 heavy (non-hydrogen) atoms. The van der Waals surface area contributed by atoms with E-state index in [1.165, 1.54) is 0 Å². The van der Waals surface area contributed by atoms with Crippen LogP contribution in [0.1, 0.15) is 56.0 Å². The summed E-state index contributed by atoms with van der Waals surface area (Å²) in [6.07, 6.45) is 2.10.